The summed E-state index contributed by atoms with van der Waals surface area (Å²) in [6, 6.07) is 7.46. The molecule has 6 nitrogen and oxygen atoms in total. The van der Waals surface area contributed by atoms with Crippen LogP contribution < -0.4 is 4.90 Å². The zero-order valence-corrected chi connectivity index (χ0v) is 18.4. The van der Waals surface area contributed by atoms with E-state index < -0.39 is 5.97 Å². The molecule has 29 heavy (non-hydrogen) atoms. The average Bonchev–Trinajstić information content (AvgIpc) is 3.04. The van der Waals surface area contributed by atoms with Gasteiger partial charge in [0.2, 0.25) is 5.91 Å². The predicted molar refractivity (Wildman–Crippen MR) is 116 cm³/mol. The van der Waals surface area contributed by atoms with Crippen molar-refractivity contribution in [3.8, 4) is 0 Å². The molecule has 0 unspecified atom stereocenters. The molecular formula is C22H29N3O3S. The number of rotatable bonds is 6. The summed E-state index contributed by atoms with van der Waals surface area (Å²) >= 11 is 1.47. The largest absolute Gasteiger partial charge is 0.465 e. The Balaban J connectivity index is 1.75. The number of hydrogen-bond acceptors (Lipinski definition) is 5. The van der Waals surface area contributed by atoms with Gasteiger partial charge in [0.25, 0.3) is 0 Å². The number of nitrogens with zero attached hydrogens (tertiary/aromatic N) is 3. The predicted octanol–water partition coefficient (Wildman–Crippen LogP) is 4.55. The minimum atomic E-state index is -0.452. The van der Waals surface area contributed by atoms with E-state index in [0.717, 1.165) is 10.9 Å². The van der Waals surface area contributed by atoms with Gasteiger partial charge < -0.3 is 14.2 Å². The number of carbonyl (C=O) groups excluding carboxylic acids is 2. The highest BCUT2D eigenvalue weighted by Gasteiger charge is 2.24. The minimum Gasteiger partial charge on any atom is -0.465 e. The molecule has 0 bridgehead atoms. The molecule has 0 radical (unpaired) electrons. The number of ether oxygens (including phenoxy) is 1. The Morgan fingerprint density at radius 1 is 1.21 bits per heavy atom. The van der Waals surface area contributed by atoms with Gasteiger partial charge in [-0.1, -0.05) is 43.2 Å². The maximum absolute atomic E-state index is 12.9. The Hall–Kier alpha value is -2.28. The quantitative estimate of drug-likeness (QED) is 0.512. The molecule has 1 aliphatic carbocycles. The molecule has 1 amide bonds. The number of methoxy groups -OCH3 is 1. The Morgan fingerprint density at radius 3 is 2.59 bits per heavy atom. The van der Waals surface area contributed by atoms with Crippen molar-refractivity contribution in [1.82, 2.24) is 9.55 Å². The third kappa shape index (κ3) is 4.66. The van der Waals surface area contributed by atoms with Crippen molar-refractivity contribution < 1.29 is 14.3 Å². The molecule has 0 atom stereocenters. The van der Waals surface area contributed by atoms with E-state index >= 15 is 0 Å². The second kappa shape index (κ2) is 9.48. The van der Waals surface area contributed by atoms with E-state index in [1.165, 1.54) is 61.6 Å². The second-order valence-corrected chi connectivity index (χ2v) is 8.42. The molecule has 0 spiro atoms. The first kappa shape index (κ1) is 21.4. The number of hydrogen-bond donors (Lipinski definition) is 0. The smallest absolute Gasteiger partial charge is 0.339 e. The maximum atomic E-state index is 12.9. The summed E-state index contributed by atoms with van der Waals surface area (Å²) in [5.74, 6) is -0.277. The molecule has 2 aromatic rings. The third-order valence-corrected chi connectivity index (χ3v) is 6.60. The van der Waals surface area contributed by atoms with Crippen LogP contribution in [-0.4, -0.2) is 41.3 Å². The fourth-order valence-electron chi connectivity index (χ4n) is 3.87. The van der Waals surface area contributed by atoms with Gasteiger partial charge in [-0.05, 0) is 38.8 Å². The number of aryl methyl sites for hydroxylation is 1. The number of carbonyl (C=O) groups is 2. The van der Waals surface area contributed by atoms with Gasteiger partial charge in [0.05, 0.1) is 29.8 Å². The Kier molecular flexibility index (Phi) is 7.00. The molecule has 1 aliphatic rings. The summed E-state index contributed by atoms with van der Waals surface area (Å²) in [5, 5.41) is 0.912. The van der Waals surface area contributed by atoms with Crippen LogP contribution in [0.25, 0.3) is 0 Å². The molecule has 0 saturated heterocycles. The van der Waals surface area contributed by atoms with Gasteiger partial charge in [-0.15, -0.1) is 0 Å². The number of thioether (sulfide) groups is 1. The molecular weight excluding hydrogens is 386 g/mol. The lowest BCUT2D eigenvalue weighted by molar-refractivity contribution is -0.115. The van der Waals surface area contributed by atoms with Gasteiger partial charge in [-0.3, -0.25) is 4.79 Å². The first-order valence-corrected chi connectivity index (χ1v) is 11.0. The maximum Gasteiger partial charge on any atom is 0.339 e. The monoisotopic (exact) mass is 415 g/mol. The van der Waals surface area contributed by atoms with Crippen molar-refractivity contribution in [2.75, 3.05) is 24.8 Å². The number of amides is 1. The van der Waals surface area contributed by atoms with Crippen LogP contribution in [0.2, 0.25) is 0 Å². The number of imidazole rings is 1. The zero-order chi connectivity index (χ0) is 21.0. The normalized spacial score (nSPS) is 14.6. The van der Waals surface area contributed by atoms with Gasteiger partial charge in [0.15, 0.2) is 5.16 Å². The van der Waals surface area contributed by atoms with Crippen molar-refractivity contribution in [3.05, 3.63) is 41.2 Å². The van der Waals surface area contributed by atoms with E-state index in [1.807, 2.05) is 6.92 Å². The highest BCUT2D eigenvalue weighted by molar-refractivity contribution is 7.99. The van der Waals surface area contributed by atoms with Crippen LogP contribution >= 0.6 is 11.8 Å². The fourth-order valence-corrected chi connectivity index (χ4v) is 4.95. The molecule has 156 valence electrons. The average molecular weight is 416 g/mol. The third-order valence-electron chi connectivity index (χ3n) is 5.66. The topological polar surface area (TPSA) is 64.4 Å². The van der Waals surface area contributed by atoms with Crippen molar-refractivity contribution in [3.63, 3.8) is 0 Å². The van der Waals surface area contributed by atoms with Crippen LogP contribution in [0.1, 0.15) is 59.9 Å². The van der Waals surface area contributed by atoms with E-state index in [1.54, 1.807) is 31.3 Å². The second-order valence-electron chi connectivity index (χ2n) is 7.48. The summed E-state index contributed by atoms with van der Waals surface area (Å²) < 4.78 is 7.17. The SMILES string of the molecule is COC(=O)c1ccccc1N(C)C(=O)CSc1nc(C)c(C)n1C1CCCCC1. The summed E-state index contributed by atoms with van der Waals surface area (Å²) in [4.78, 5) is 31.1. The highest BCUT2D eigenvalue weighted by Crippen LogP contribution is 2.34. The van der Waals surface area contributed by atoms with Crippen LogP contribution in [0.4, 0.5) is 5.69 Å². The van der Waals surface area contributed by atoms with Crippen molar-refractivity contribution in [2.24, 2.45) is 0 Å². The van der Waals surface area contributed by atoms with Crippen molar-refractivity contribution in [2.45, 2.75) is 57.1 Å². The first-order valence-electron chi connectivity index (χ1n) is 10.1. The molecule has 1 aromatic heterocycles. The summed E-state index contributed by atoms with van der Waals surface area (Å²) in [7, 11) is 3.03. The summed E-state index contributed by atoms with van der Waals surface area (Å²) in [6.45, 7) is 4.14. The molecule has 1 aromatic carbocycles. The van der Waals surface area contributed by atoms with Crippen molar-refractivity contribution in [1.29, 1.82) is 0 Å². The van der Waals surface area contributed by atoms with E-state index in [9.17, 15) is 9.59 Å². The zero-order valence-electron chi connectivity index (χ0n) is 17.6. The minimum absolute atomic E-state index is 0.0835. The molecule has 1 fully saturated rings. The molecule has 1 saturated carbocycles. The van der Waals surface area contributed by atoms with Crippen LogP contribution in [0.5, 0.6) is 0 Å². The molecule has 3 rings (SSSR count). The van der Waals surface area contributed by atoms with Crippen molar-refractivity contribution >= 4 is 29.3 Å². The highest BCUT2D eigenvalue weighted by atomic mass is 32.2. The van der Waals surface area contributed by atoms with Crippen LogP contribution in [0, 0.1) is 13.8 Å². The van der Waals surface area contributed by atoms with Gasteiger partial charge >= 0.3 is 5.97 Å². The first-order chi connectivity index (χ1) is 13.9. The molecule has 0 N–H and O–H groups in total. The standard InChI is InChI=1S/C22H29N3O3S/c1-15-16(2)25(17-10-6-5-7-11-17)22(23-15)29-14-20(26)24(3)19-13-9-8-12-18(19)21(27)28-4/h8-9,12-13,17H,5-7,10-11,14H2,1-4H3. The molecule has 1 heterocycles. The number of esters is 1. The number of benzene rings is 1. The number of aromatic nitrogens is 2. The number of para-hydroxylation sites is 1. The van der Waals surface area contributed by atoms with Gasteiger partial charge in [-0.25, -0.2) is 9.78 Å². The van der Waals surface area contributed by atoms with E-state index in [-0.39, 0.29) is 11.7 Å². The fraction of sp³-hybridized carbons (Fsp3) is 0.500. The van der Waals surface area contributed by atoms with Gasteiger partial charge in [0.1, 0.15) is 0 Å². The molecule has 0 aliphatic heterocycles. The van der Waals surface area contributed by atoms with E-state index in [4.69, 9.17) is 9.72 Å². The molecule has 7 heteroatoms. The lowest BCUT2D eigenvalue weighted by Crippen LogP contribution is -2.29. The Morgan fingerprint density at radius 2 is 1.90 bits per heavy atom. The van der Waals surface area contributed by atoms with E-state index in [0.29, 0.717) is 17.3 Å². The lowest BCUT2D eigenvalue weighted by Gasteiger charge is -2.26. The van der Waals surface area contributed by atoms with Crippen LogP contribution in [-0.2, 0) is 9.53 Å². The number of anilines is 1. The summed E-state index contributed by atoms with van der Waals surface area (Å²) in [5.41, 5.74) is 3.14. The Labute approximate surface area is 176 Å². The van der Waals surface area contributed by atoms with Crippen LogP contribution in [0.15, 0.2) is 29.4 Å². The lowest BCUT2D eigenvalue weighted by atomic mass is 9.95. The van der Waals surface area contributed by atoms with E-state index in [2.05, 4.69) is 11.5 Å². The van der Waals surface area contributed by atoms with Gasteiger partial charge in [-0.2, -0.15) is 0 Å². The van der Waals surface area contributed by atoms with Crippen LogP contribution in [0.3, 0.4) is 0 Å². The van der Waals surface area contributed by atoms with Gasteiger partial charge in [0, 0.05) is 18.8 Å². The summed E-state index contributed by atoms with van der Waals surface area (Å²) in [6.07, 6.45) is 6.14. The Bertz CT molecular complexity index is 887.